The second-order valence-electron chi connectivity index (χ2n) is 8.82. The maximum absolute atomic E-state index is 13.5. The summed E-state index contributed by atoms with van der Waals surface area (Å²) in [7, 11) is 0. The minimum absolute atomic E-state index is 0.409. The number of hydrogen-bond acceptors (Lipinski definition) is 6. The molecule has 2 aromatic carbocycles. The number of halogens is 1. The number of fused-ring (bicyclic) bond motifs is 2. The van der Waals surface area contributed by atoms with Gasteiger partial charge in [0.25, 0.3) is 5.56 Å². The molecule has 0 amide bonds. The van der Waals surface area contributed by atoms with E-state index in [-0.39, 0.29) is 0 Å². The summed E-state index contributed by atoms with van der Waals surface area (Å²) in [6.45, 7) is 2.84. The molecule has 34 heavy (non-hydrogen) atoms. The van der Waals surface area contributed by atoms with E-state index in [1.54, 1.807) is 25.3 Å². The van der Waals surface area contributed by atoms with Crippen LogP contribution in [-0.2, 0) is 0 Å². The third-order valence-electron chi connectivity index (χ3n) is 6.11. The molecule has 1 saturated heterocycles. The van der Waals surface area contributed by atoms with Crippen LogP contribution in [0.15, 0.2) is 70.5 Å². The molecule has 4 heterocycles. The fraction of sp³-hybridized carbons (Fsp3) is 0.160. The Kier molecular flexibility index (Phi) is 4.67. The molecule has 170 valence electrons. The Labute approximate surface area is 202 Å². The number of anilines is 1. The molecule has 5 aromatic rings. The zero-order valence-corrected chi connectivity index (χ0v) is 19.7. The predicted molar refractivity (Wildman–Crippen MR) is 137 cm³/mol. The third kappa shape index (κ3) is 3.34. The summed E-state index contributed by atoms with van der Waals surface area (Å²) in [5.74, 6) is 0. The lowest BCUT2D eigenvalue weighted by Gasteiger charge is -2.45. The van der Waals surface area contributed by atoms with Gasteiger partial charge in [-0.2, -0.15) is 0 Å². The maximum atomic E-state index is 13.5. The number of nitrogens with one attached hydrogen (secondary N) is 1. The van der Waals surface area contributed by atoms with Gasteiger partial charge in [-0.25, -0.2) is 9.36 Å². The minimum atomic E-state index is -0.715. The van der Waals surface area contributed by atoms with Gasteiger partial charge in [-0.1, -0.05) is 35.9 Å². The fourth-order valence-electron chi connectivity index (χ4n) is 4.49. The SMILES string of the molecule is CC1(O)CN(c2ccc3cncc(-n4c(=O)[nH]c5cc(-c6ccccc6Cl)sc5c4=O)c3c2)C1. The van der Waals surface area contributed by atoms with E-state index in [9.17, 15) is 14.7 Å². The number of aromatic amines is 1. The summed E-state index contributed by atoms with van der Waals surface area (Å²) in [5, 5.41) is 12.2. The third-order valence-corrected chi connectivity index (χ3v) is 7.59. The Balaban J connectivity index is 1.53. The average molecular weight is 491 g/mol. The highest BCUT2D eigenvalue weighted by Gasteiger charge is 2.36. The number of rotatable bonds is 3. The van der Waals surface area contributed by atoms with E-state index in [4.69, 9.17) is 11.6 Å². The van der Waals surface area contributed by atoms with Crippen molar-refractivity contribution < 1.29 is 5.11 Å². The van der Waals surface area contributed by atoms with Crippen LogP contribution in [0.5, 0.6) is 0 Å². The summed E-state index contributed by atoms with van der Waals surface area (Å²) in [5.41, 5.74) is 0.943. The Morgan fingerprint density at radius 1 is 1.12 bits per heavy atom. The second-order valence-corrected chi connectivity index (χ2v) is 10.3. The highest BCUT2D eigenvalue weighted by atomic mass is 35.5. The lowest BCUT2D eigenvalue weighted by molar-refractivity contribution is 0.0310. The first-order chi connectivity index (χ1) is 16.3. The molecule has 0 saturated carbocycles. The van der Waals surface area contributed by atoms with E-state index in [2.05, 4.69) is 14.9 Å². The van der Waals surface area contributed by atoms with Crippen LogP contribution in [-0.4, -0.2) is 38.3 Å². The number of thiophene rings is 1. The smallest absolute Gasteiger partial charge is 0.333 e. The van der Waals surface area contributed by atoms with Crippen LogP contribution in [0.4, 0.5) is 5.69 Å². The molecular weight excluding hydrogens is 472 g/mol. The lowest BCUT2D eigenvalue weighted by atomic mass is 9.95. The van der Waals surface area contributed by atoms with Crippen molar-refractivity contribution in [3.8, 4) is 16.1 Å². The van der Waals surface area contributed by atoms with Crippen LogP contribution in [0.2, 0.25) is 5.02 Å². The highest BCUT2D eigenvalue weighted by molar-refractivity contribution is 7.22. The lowest BCUT2D eigenvalue weighted by Crippen LogP contribution is -2.60. The second kappa shape index (κ2) is 7.53. The van der Waals surface area contributed by atoms with Crippen molar-refractivity contribution in [1.29, 1.82) is 0 Å². The van der Waals surface area contributed by atoms with E-state index < -0.39 is 16.9 Å². The van der Waals surface area contributed by atoms with Gasteiger partial charge in [0.1, 0.15) is 4.70 Å². The van der Waals surface area contributed by atoms with Gasteiger partial charge in [0.15, 0.2) is 0 Å². The molecule has 0 spiro atoms. The van der Waals surface area contributed by atoms with Gasteiger partial charge in [-0.15, -0.1) is 11.3 Å². The summed E-state index contributed by atoms with van der Waals surface area (Å²) in [6, 6.07) is 15.0. The maximum Gasteiger partial charge on any atom is 0.333 e. The summed E-state index contributed by atoms with van der Waals surface area (Å²) >= 11 is 7.64. The number of hydrogen-bond donors (Lipinski definition) is 2. The summed E-state index contributed by atoms with van der Waals surface area (Å²) in [4.78, 5) is 36.6. The molecule has 2 N–H and O–H groups in total. The molecule has 0 unspecified atom stereocenters. The van der Waals surface area contributed by atoms with Crippen LogP contribution >= 0.6 is 22.9 Å². The molecule has 0 atom stereocenters. The molecule has 6 rings (SSSR count). The zero-order valence-electron chi connectivity index (χ0n) is 18.1. The number of nitrogens with zero attached hydrogens (tertiary/aromatic N) is 3. The zero-order chi connectivity index (χ0) is 23.6. The number of aliphatic hydroxyl groups is 1. The van der Waals surface area contributed by atoms with Crippen LogP contribution in [0.25, 0.3) is 37.1 Å². The quantitative estimate of drug-likeness (QED) is 0.396. The van der Waals surface area contributed by atoms with E-state index in [0.717, 1.165) is 31.5 Å². The number of benzene rings is 2. The Morgan fingerprint density at radius 2 is 1.91 bits per heavy atom. The van der Waals surface area contributed by atoms with E-state index in [1.165, 1.54) is 17.5 Å². The van der Waals surface area contributed by atoms with Crippen molar-refractivity contribution in [2.75, 3.05) is 18.0 Å². The van der Waals surface area contributed by atoms with Gasteiger partial charge in [0.05, 0.1) is 23.0 Å². The van der Waals surface area contributed by atoms with Gasteiger partial charge >= 0.3 is 5.69 Å². The van der Waals surface area contributed by atoms with Crippen LogP contribution in [0.1, 0.15) is 6.92 Å². The largest absolute Gasteiger partial charge is 0.386 e. The van der Waals surface area contributed by atoms with E-state index >= 15 is 0 Å². The van der Waals surface area contributed by atoms with Crippen molar-refractivity contribution in [2.45, 2.75) is 12.5 Å². The summed E-state index contributed by atoms with van der Waals surface area (Å²) < 4.78 is 1.57. The molecule has 0 bridgehead atoms. The number of pyridine rings is 1. The van der Waals surface area contributed by atoms with Gasteiger partial charge in [0, 0.05) is 51.2 Å². The standard InChI is InChI=1S/C25H19ClN4O3S/c1-25(33)12-29(13-25)15-7-6-14-10-27-11-20(17(14)8-15)30-23(31)22-19(28-24(30)32)9-21(34-22)16-4-2-3-5-18(16)26/h2-11,33H,12-13H2,1H3,(H,28,32). The first-order valence-electron chi connectivity index (χ1n) is 10.7. The molecule has 0 radical (unpaired) electrons. The molecule has 1 aliphatic heterocycles. The van der Waals surface area contributed by atoms with Crippen LogP contribution < -0.4 is 16.1 Å². The van der Waals surface area contributed by atoms with Gasteiger partial charge in [0.2, 0.25) is 0 Å². The van der Waals surface area contributed by atoms with Crippen LogP contribution in [0, 0.1) is 0 Å². The van der Waals surface area contributed by atoms with Crippen molar-refractivity contribution >= 4 is 49.6 Å². The number of H-pyrrole nitrogens is 1. The highest BCUT2D eigenvalue weighted by Crippen LogP contribution is 2.35. The Morgan fingerprint density at radius 3 is 2.68 bits per heavy atom. The number of aromatic nitrogens is 3. The van der Waals surface area contributed by atoms with Gasteiger partial charge < -0.3 is 15.0 Å². The fourth-order valence-corrected chi connectivity index (χ4v) is 5.87. The predicted octanol–water partition coefficient (Wildman–Crippen LogP) is 4.18. The van der Waals surface area contributed by atoms with E-state index in [1.807, 2.05) is 36.4 Å². The molecule has 9 heteroatoms. The Bertz CT molecular complexity index is 1710. The Hall–Kier alpha value is -3.46. The molecule has 7 nitrogen and oxygen atoms in total. The summed E-state index contributed by atoms with van der Waals surface area (Å²) in [6.07, 6.45) is 3.23. The topological polar surface area (TPSA) is 91.2 Å². The molecular formula is C25H19ClN4O3S. The van der Waals surface area contributed by atoms with Crippen molar-refractivity contribution in [3.63, 3.8) is 0 Å². The van der Waals surface area contributed by atoms with E-state index in [0.29, 0.717) is 34.0 Å². The first kappa shape index (κ1) is 21.1. The average Bonchev–Trinajstić information content (AvgIpc) is 3.21. The molecule has 0 aliphatic carbocycles. The van der Waals surface area contributed by atoms with Crippen molar-refractivity contribution in [2.24, 2.45) is 0 Å². The molecule has 1 aliphatic rings. The first-order valence-corrected chi connectivity index (χ1v) is 11.9. The molecule has 3 aromatic heterocycles. The number of β-amino-alcohol motifs (C(OH)–C–C–N with tert-alkyl or cyclic N) is 1. The minimum Gasteiger partial charge on any atom is -0.386 e. The van der Waals surface area contributed by atoms with Crippen LogP contribution in [0.3, 0.4) is 0 Å². The monoisotopic (exact) mass is 490 g/mol. The molecule has 1 fully saturated rings. The van der Waals surface area contributed by atoms with Crippen molar-refractivity contribution in [3.05, 3.63) is 86.8 Å². The van der Waals surface area contributed by atoms with Gasteiger partial charge in [-0.3, -0.25) is 9.78 Å². The van der Waals surface area contributed by atoms with Gasteiger partial charge in [-0.05, 0) is 31.2 Å². The van der Waals surface area contributed by atoms with Crippen molar-refractivity contribution in [1.82, 2.24) is 14.5 Å². The normalized spacial score (nSPS) is 15.1.